The van der Waals surface area contributed by atoms with Gasteiger partial charge in [-0.25, -0.2) is 0 Å². The summed E-state index contributed by atoms with van der Waals surface area (Å²) in [5.74, 6) is 2.05. The maximum Gasteiger partial charge on any atom is 0.240 e. The zero-order valence-electron chi connectivity index (χ0n) is 15.1. The molecule has 0 bridgehead atoms. The molecule has 7 nitrogen and oxygen atoms in total. The third-order valence-electron chi connectivity index (χ3n) is 4.77. The number of hydrogen-bond donors (Lipinski definition) is 1. The first-order valence-electron chi connectivity index (χ1n) is 8.74. The van der Waals surface area contributed by atoms with Crippen molar-refractivity contribution < 1.29 is 9.26 Å². The molecule has 0 radical (unpaired) electrons. The van der Waals surface area contributed by atoms with Crippen LogP contribution in [0.25, 0.3) is 0 Å². The van der Waals surface area contributed by atoms with Crippen LogP contribution in [0.1, 0.15) is 38.4 Å². The summed E-state index contributed by atoms with van der Waals surface area (Å²) in [7, 11) is 0. The highest BCUT2D eigenvalue weighted by atomic mass is 35.5. The second-order valence-corrected chi connectivity index (χ2v) is 7.00. The third kappa shape index (κ3) is 6.66. The van der Waals surface area contributed by atoms with E-state index in [0.717, 1.165) is 44.5 Å². The fourth-order valence-corrected chi connectivity index (χ4v) is 3.76. The summed E-state index contributed by atoms with van der Waals surface area (Å²) in [5.41, 5.74) is 5.50. The van der Waals surface area contributed by atoms with Gasteiger partial charge in [0.1, 0.15) is 0 Å². The van der Waals surface area contributed by atoms with Gasteiger partial charge in [0, 0.05) is 19.6 Å². The quantitative estimate of drug-likeness (QED) is 0.811. The number of rotatable bonds is 5. The van der Waals surface area contributed by atoms with Crippen LogP contribution in [-0.2, 0) is 17.8 Å². The molecular weight excluding hydrogens is 365 g/mol. The summed E-state index contributed by atoms with van der Waals surface area (Å²) in [6.45, 7) is 11.0. The summed E-state index contributed by atoms with van der Waals surface area (Å²) < 4.78 is 10.9. The molecule has 2 unspecified atom stereocenters. The molecule has 3 rings (SSSR count). The van der Waals surface area contributed by atoms with Crippen LogP contribution >= 0.6 is 24.8 Å². The first-order valence-corrected chi connectivity index (χ1v) is 8.74. The monoisotopic (exact) mass is 395 g/mol. The van der Waals surface area contributed by atoms with Crippen molar-refractivity contribution in [1.29, 1.82) is 0 Å². The predicted molar refractivity (Wildman–Crippen MR) is 101 cm³/mol. The van der Waals surface area contributed by atoms with Gasteiger partial charge in [0.25, 0.3) is 0 Å². The van der Waals surface area contributed by atoms with E-state index < -0.39 is 0 Å². The number of halogens is 2. The highest BCUT2D eigenvalue weighted by Crippen LogP contribution is 2.21. The van der Waals surface area contributed by atoms with E-state index >= 15 is 0 Å². The molecule has 0 spiro atoms. The fraction of sp³-hybridized carbons (Fsp3) is 0.875. The second kappa shape index (κ2) is 10.6. The minimum Gasteiger partial charge on any atom is -0.373 e. The van der Waals surface area contributed by atoms with Crippen molar-refractivity contribution in [2.75, 3.05) is 32.7 Å². The van der Waals surface area contributed by atoms with E-state index in [1.54, 1.807) is 0 Å². The van der Waals surface area contributed by atoms with Crippen molar-refractivity contribution in [3.63, 3.8) is 0 Å². The average molecular weight is 396 g/mol. The molecule has 2 aliphatic rings. The summed E-state index contributed by atoms with van der Waals surface area (Å²) in [6, 6.07) is 0. The Labute approximate surface area is 162 Å². The van der Waals surface area contributed by atoms with Crippen LogP contribution in [0, 0.1) is 5.92 Å². The number of nitrogens with two attached hydrogens (primary N) is 1. The topological polar surface area (TPSA) is 80.7 Å². The Kier molecular flexibility index (Phi) is 9.62. The van der Waals surface area contributed by atoms with Crippen LogP contribution in [0.4, 0.5) is 0 Å². The van der Waals surface area contributed by atoms with E-state index in [1.165, 1.54) is 19.4 Å². The Morgan fingerprint density at radius 1 is 1.08 bits per heavy atom. The fourth-order valence-electron chi connectivity index (χ4n) is 3.76. The average Bonchev–Trinajstić information content (AvgIpc) is 2.96. The lowest BCUT2D eigenvalue weighted by atomic mass is 9.95. The molecular formula is C16H31Cl2N5O2. The van der Waals surface area contributed by atoms with Crippen LogP contribution in [0.2, 0.25) is 0 Å². The zero-order valence-corrected chi connectivity index (χ0v) is 16.7. The molecule has 9 heteroatoms. The minimum absolute atomic E-state index is 0. The molecule has 2 N–H and O–H groups in total. The Morgan fingerprint density at radius 2 is 1.72 bits per heavy atom. The Morgan fingerprint density at radius 3 is 2.28 bits per heavy atom. The molecule has 2 atom stereocenters. The smallest absolute Gasteiger partial charge is 0.240 e. The number of piperidine rings is 1. The largest absolute Gasteiger partial charge is 0.373 e. The predicted octanol–water partition coefficient (Wildman–Crippen LogP) is 1.69. The summed E-state index contributed by atoms with van der Waals surface area (Å²) in [4.78, 5) is 9.27. The van der Waals surface area contributed by atoms with E-state index in [9.17, 15) is 0 Å². The van der Waals surface area contributed by atoms with E-state index in [0.29, 0.717) is 24.6 Å². The lowest BCUT2D eigenvalue weighted by Gasteiger charge is -2.39. The van der Waals surface area contributed by atoms with Crippen molar-refractivity contribution >= 4 is 24.8 Å². The lowest BCUT2D eigenvalue weighted by Crippen LogP contribution is -2.48. The first-order chi connectivity index (χ1) is 11.1. The van der Waals surface area contributed by atoms with E-state index in [2.05, 4.69) is 33.8 Å². The highest BCUT2D eigenvalue weighted by molar-refractivity contribution is 5.85. The van der Waals surface area contributed by atoms with Crippen LogP contribution in [-0.4, -0.2) is 64.9 Å². The second-order valence-electron chi connectivity index (χ2n) is 7.00. The van der Waals surface area contributed by atoms with Gasteiger partial charge < -0.3 is 15.0 Å². The zero-order chi connectivity index (χ0) is 16.2. The number of aromatic nitrogens is 2. The number of nitrogens with zero attached hydrogens (tertiary/aromatic N) is 4. The van der Waals surface area contributed by atoms with Gasteiger partial charge in [0.05, 0.1) is 25.3 Å². The normalized spacial score (nSPS) is 26.0. The number of likely N-dealkylation sites (tertiary alicyclic amines) is 1. The molecule has 0 saturated carbocycles. The van der Waals surface area contributed by atoms with Crippen molar-refractivity contribution in [2.24, 2.45) is 11.7 Å². The van der Waals surface area contributed by atoms with Gasteiger partial charge in [-0.3, -0.25) is 9.80 Å². The maximum atomic E-state index is 5.82. The Balaban J connectivity index is 0.00000156. The lowest BCUT2D eigenvalue weighted by molar-refractivity contribution is -0.0732. The van der Waals surface area contributed by atoms with Crippen LogP contribution < -0.4 is 5.73 Å². The molecule has 1 aromatic heterocycles. The van der Waals surface area contributed by atoms with Gasteiger partial charge in [0.2, 0.25) is 5.89 Å². The van der Waals surface area contributed by atoms with E-state index in [-0.39, 0.29) is 24.8 Å². The Bertz CT molecular complexity index is 487. The van der Waals surface area contributed by atoms with Crippen molar-refractivity contribution in [1.82, 2.24) is 19.9 Å². The summed E-state index contributed by atoms with van der Waals surface area (Å²) >= 11 is 0. The van der Waals surface area contributed by atoms with Gasteiger partial charge in [-0.05, 0) is 45.7 Å². The number of morpholine rings is 1. The molecule has 0 amide bonds. The van der Waals surface area contributed by atoms with Crippen LogP contribution in [0.5, 0.6) is 0 Å². The van der Waals surface area contributed by atoms with Gasteiger partial charge in [-0.2, -0.15) is 4.98 Å². The molecule has 2 fully saturated rings. The highest BCUT2D eigenvalue weighted by Gasteiger charge is 2.27. The Hall–Kier alpha value is -0.440. The van der Waals surface area contributed by atoms with Crippen molar-refractivity contribution in [2.45, 2.75) is 52.0 Å². The standard InChI is InChI=1S/C16H29N5O2.2ClH/c1-12-8-21(9-13(2)22-12)10-14-3-5-20(6-4-14)11-15-18-16(7-17)23-19-15;;/h12-14H,3-11,17H2,1-2H3;2*1H. The molecule has 1 aromatic rings. The molecule has 2 saturated heterocycles. The number of ether oxygens (including phenoxy) is 1. The maximum absolute atomic E-state index is 5.82. The third-order valence-corrected chi connectivity index (χ3v) is 4.77. The van der Waals surface area contributed by atoms with Crippen LogP contribution in [0.3, 0.4) is 0 Å². The minimum atomic E-state index is 0. The molecule has 0 aromatic carbocycles. The van der Waals surface area contributed by atoms with Crippen molar-refractivity contribution in [3.05, 3.63) is 11.7 Å². The molecule has 3 heterocycles. The summed E-state index contributed by atoms with van der Waals surface area (Å²) in [6.07, 6.45) is 3.19. The first kappa shape index (κ1) is 22.6. The van der Waals surface area contributed by atoms with Gasteiger partial charge in [-0.1, -0.05) is 5.16 Å². The molecule has 0 aliphatic carbocycles. The molecule has 2 aliphatic heterocycles. The summed E-state index contributed by atoms with van der Waals surface area (Å²) in [5, 5.41) is 3.98. The van der Waals surface area contributed by atoms with E-state index in [1.807, 2.05) is 0 Å². The van der Waals surface area contributed by atoms with E-state index in [4.69, 9.17) is 15.0 Å². The molecule has 146 valence electrons. The van der Waals surface area contributed by atoms with Gasteiger partial charge in [0.15, 0.2) is 5.82 Å². The number of hydrogen-bond acceptors (Lipinski definition) is 7. The van der Waals surface area contributed by atoms with Gasteiger partial charge >= 0.3 is 0 Å². The SMILES string of the molecule is CC1CN(CC2CCN(Cc3noc(CN)n3)CC2)CC(C)O1.Cl.Cl. The van der Waals surface area contributed by atoms with Gasteiger partial charge in [-0.15, -0.1) is 24.8 Å². The van der Waals surface area contributed by atoms with Crippen molar-refractivity contribution in [3.8, 4) is 0 Å². The molecule has 25 heavy (non-hydrogen) atoms. The van der Waals surface area contributed by atoms with Crippen LogP contribution in [0.15, 0.2) is 4.52 Å².